The van der Waals surface area contributed by atoms with Gasteiger partial charge in [-0.05, 0) is 36.6 Å². The Labute approximate surface area is 148 Å². The molecule has 0 spiro atoms. The second kappa shape index (κ2) is 9.21. The van der Waals surface area contributed by atoms with Gasteiger partial charge in [0.25, 0.3) is 5.91 Å². The zero-order valence-electron chi connectivity index (χ0n) is 14.8. The number of aliphatic hydroxyl groups excluding tert-OH is 1. The average Bonchev–Trinajstić information content (AvgIpc) is 2.67. The molecule has 6 heteroatoms. The lowest BCUT2D eigenvalue weighted by atomic mass is 10.0. The van der Waals surface area contributed by atoms with Crippen molar-refractivity contribution in [3.05, 3.63) is 35.4 Å². The van der Waals surface area contributed by atoms with Gasteiger partial charge < -0.3 is 20.1 Å². The van der Waals surface area contributed by atoms with Gasteiger partial charge in [-0.15, -0.1) is 0 Å². The van der Waals surface area contributed by atoms with Crippen LogP contribution < -0.4 is 10.2 Å². The maximum absolute atomic E-state index is 12.2. The van der Waals surface area contributed by atoms with Crippen LogP contribution in [0.15, 0.2) is 29.8 Å². The Kier molecular flexibility index (Phi) is 6.99. The first kappa shape index (κ1) is 19.0. The van der Waals surface area contributed by atoms with E-state index < -0.39 is 12.0 Å². The highest BCUT2D eigenvalue weighted by Gasteiger charge is 2.16. The molecule has 1 aromatic carbocycles. The number of carbonyl (C=O) groups excluding carboxylic acids is 1. The summed E-state index contributed by atoms with van der Waals surface area (Å²) in [5, 5.41) is 21.5. The molecule has 134 valence electrons. The summed E-state index contributed by atoms with van der Waals surface area (Å²) >= 11 is 0. The number of nitriles is 1. The summed E-state index contributed by atoms with van der Waals surface area (Å²) in [6.07, 6.45) is -0.0505. The predicted octanol–water partition coefficient (Wildman–Crippen LogP) is 1.71. The Bertz CT molecular complexity index is 655. The third kappa shape index (κ3) is 5.05. The Morgan fingerprint density at radius 3 is 2.56 bits per heavy atom. The lowest BCUT2D eigenvalue weighted by molar-refractivity contribution is -0.117. The van der Waals surface area contributed by atoms with E-state index in [1.54, 1.807) is 6.92 Å². The number of allylic oxidation sites excluding steroid dienone is 1. The van der Waals surface area contributed by atoms with Crippen LogP contribution >= 0.6 is 0 Å². The van der Waals surface area contributed by atoms with Crippen LogP contribution in [0, 0.1) is 11.3 Å². The van der Waals surface area contributed by atoms with E-state index in [0.29, 0.717) is 12.0 Å². The molecule has 0 saturated carbocycles. The van der Waals surface area contributed by atoms with Crippen molar-refractivity contribution >= 4 is 17.2 Å². The molecular weight excluding hydrogens is 318 g/mol. The first-order valence-corrected chi connectivity index (χ1v) is 8.57. The molecule has 1 aliphatic heterocycles. The third-order valence-electron chi connectivity index (χ3n) is 4.36. The van der Waals surface area contributed by atoms with Gasteiger partial charge in [0.15, 0.2) is 0 Å². The Morgan fingerprint density at radius 1 is 1.36 bits per heavy atom. The van der Waals surface area contributed by atoms with Gasteiger partial charge >= 0.3 is 0 Å². The second-order valence-electron chi connectivity index (χ2n) is 6.03. The van der Waals surface area contributed by atoms with Gasteiger partial charge in [-0.3, -0.25) is 4.79 Å². The minimum atomic E-state index is -0.600. The molecule has 2 rings (SSSR count). The summed E-state index contributed by atoms with van der Waals surface area (Å²) in [4.78, 5) is 14.4. The lowest BCUT2D eigenvalue weighted by Gasteiger charge is -2.29. The number of nitrogens with one attached hydrogen (secondary N) is 1. The van der Waals surface area contributed by atoms with E-state index in [1.807, 2.05) is 37.3 Å². The van der Waals surface area contributed by atoms with Gasteiger partial charge in [-0.1, -0.05) is 19.1 Å². The number of ether oxygens (including phenoxy) is 1. The van der Waals surface area contributed by atoms with Crippen LogP contribution in [0.2, 0.25) is 0 Å². The number of amides is 1. The molecule has 1 aliphatic rings. The minimum absolute atomic E-state index is 0.0717. The number of morpholine rings is 1. The summed E-state index contributed by atoms with van der Waals surface area (Å²) in [7, 11) is 0. The van der Waals surface area contributed by atoms with E-state index in [-0.39, 0.29) is 12.1 Å². The summed E-state index contributed by atoms with van der Waals surface area (Å²) in [6, 6.07) is 9.82. The Balaban J connectivity index is 2.12. The number of anilines is 1. The molecule has 1 fully saturated rings. The number of rotatable bonds is 6. The average molecular weight is 343 g/mol. The van der Waals surface area contributed by atoms with E-state index in [4.69, 9.17) is 4.74 Å². The molecule has 1 atom stereocenters. The van der Waals surface area contributed by atoms with E-state index in [1.165, 1.54) is 0 Å². The Morgan fingerprint density at radius 2 is 2.00 bits per heavy atom. The van der Waals surface area contributed by atoms with Crippen LogP contribution in [0.1, 0.15) is 25.8 Å². The summed E-state index contributed by atoms with van der Waals surface area (Å²) in [5.74, 6) is -0.454. The van der Waals surface area contributed by atoms with E-state index in [0.717, 1.165) is 37.6 Å². The molecule has 0 bridgehead atoms. The zero-order chi connectivity index (χ0) is 18.2. The first-order valence-electron chi connectivity index (χ1n) is 8.57. The fourth-order valence-corrected chi connectivity index (χ4v) is 2.64. The van der Waals surface area contributed by atoms with Crippen molar-refractivity contribution in [3.8, 4) is 6.07 Å². The van der Waals surface area contributed by atoms with Gasteiger partial charge in [0.05, 0.1) is 19.3 Å². The normalized spacial score (nSPS) is 16.6. The molecule has 1 saturated heterocycles. The van der Waals surface area contributed by atoms with Gasteiger partial charge in [-0.2, -0.15) is 5.26 Å². The topological polar surface area (TPSA) is 85.6 Å². The molecule has 1 amide bonds. The highest BCUT2D eigenvalue weighted by molar-refractivity contribution is 6.04. The smallest absolute Gasteiger partial charge is 0.262 e. The monoisotopic (exact) mass is 343 g/mol. The fourth-order valence-electron chi connectivity index (χ4n) is 2.64. The van der Waals surface area contributed by atoms with Crippen LogP contribution in [0.5, 0.6) is 0 Å². The number of aliphatic hydroxyl groups is 1. The number of hydrogen-bond acceptors (Lipinski definition) is 5. The number of nitrogens with zero attached hydrogens (tertiary/aromatic N) is 2. The molecular formula is C19H25N3O3. The molecule has 2 N–H and O–H groups in total. The van der Waals surface area contributed by atoms with Crippen molar-refractivity contribution in [1.29, 1.82) is 5.26 Å². The minimum Gasteiger partial charge on any atom is -0.391 e. The number of hydrogen-bond donors (Lipinski definition) is 2. The summed E-state index contributed by atoms with van der Waals surface area (Å²) in [6.45, 7) is 6.91. The molecule has 6 nitrogen and oxygen atoms in total. The van der Waals surface area contributed by atoms with E-state index in [2.05, 4.69) is 10.2 Å². The Hall–Kier alpha value is -2.36. The third-order valence-corrected chi connectivity index (χ3v) is 4.36. The highest BCUT2D eigenvalue weighted by Crippen LogP contribution is 2.23. The van der Waals surface area contributed by atoms with Crippen molar-refractivity contribution in [2.45, 2.75) is 26.4 Å². The van der Waals surface area contributed by atoms with Crippen molar-refractivity contribution in [1.82, 2.24) is 5.32 Å². The highest BCUT2D eigenvalue weighted by atomic mass is 16.5. The van der Waals surface area contributed by atoms with Gasteiger partial charge in [0, 0.05) is 25.3 Å². The quantitative estimate of drug-likeness (QED) is 0.607. The van der Waals surface area contributed by atoms with Gasteiger partial charge in [-0.25, -0.2) is 0 Å². The molecule has 1 aromatic rings. The van der Waals surface area contributed by atoms with Crippen LogP contribution in [-0.4, -0.2) is 50.0 Å². The molecule has 0 aliphatic carbocycles. The van der Waals surface area contributed by atoms with Crippen molar-refractivity contribution in [2.24, 2.45) is 0 Å². The van der Waals surface area contributed by atoms with Crippen molar-refractivity contribution in [3.63, 3.8) is 0 Å². The molecule has 1 unspecified atom stereocenters. The SMILES string of the molecule is CCC(O)CNC(=O)/C(C#N)=C(\C)c1ccc(N2CCOCC2)cc1. The number of carbonyl (C=O) groups is 1. The van der Waals surface area contributed by atoms with Gasteiger partial charge in [0.1, 0.15) is 11.6 Å². The zero-order valence-corrected chi connectivity index (χ0v) is 14.8. The first-order chi connectivity index (χ1) is 12.1. The van der Waals surface area contributed by atoms with E-state index in [9.17, 15) is 15.2 Å². The van der Waals surface area contributed by atoms with Crippen molar-refractivity contribution in [2.75, 3.05) is 37.7 Å². The standard InChI is InChI=1S/C19H25N3O3/c1-3-17(23)13-21-19(24)18(12-20)14(2)15-4-6-16(7-5-15)22-8-10-25-11-9-22/h4-7,17,23H,3,8-11,13H2,1-2H3,(H,21,24)/b18-14+. The van der Waals surface area contributed by atoms with Crippen LogP contribution in [-0.2, 0) is 9.53 Å². The largest absolute Gasteiger partial charge is 0.391 e. The molecule has 0 aromatic heterocycles. The van der Waals surface area contributed by atoms with Gasteiger partial charge in [0.2, 0.25) is 0 Å². The van der Waals surface area contributed by atoms with Crippen LogP contribution in [0.3, 0.4) is 0 Å². The van der Waals surface area contributed by atoms with Crippen molar-refractivity contribution < 1.29 is 14.6 Å². The maximum Gasteiger partial charge on any atom is 0.262 e. The predicted molar refractivity (Wildman–Crippen MR) is 97.0 cm³/mol. The number of benzene rings is 1. The molecule has 0 radical (unpaired) electrons. The molecule has 1 heterocycles. The second-order valence-corrected chi connectivity index (χ2v) is 6.03. The maximum atomic E-state index is 12.2. The summed E-state index contributed by atoms with van der Waals surface area (Å²) in [5.41, 5.74) is 2.63. The summed E-state index contributed by atoms with van der Waals surface area (Å²) < 4.78 is 5.36. The van der Waals surface area contributed by atoms with E-state index >= 15 is 0 Å². The molecule has 25 heavy (non-hydrogen) atoms. The fraction of sp³-hybridized carbons (Fsp3) is 0.474. The van der Waals surface area contributed by atoms with Crippen LogP contribution in [0.4, 0.5) is 5.69 Å². The lowest BCUT2D eigenvalue weighted by Crippen LogP contribution is -2.36. The van der Waals surface area contributed by atoms with Crippen LogP contribution in [0.25, 0.3) is 5.57 Å².